The normalized spacial score (nSPS) is 27.2. The number of aliphatic carboxylic acids is 1. The molecule has 6 heteroatoms. The zero-order chi connectivity index (χ0) is 15.6. The van der Waals surface area contributed by atoms with Crippen LogP contribution < -0.4 is 5.32 Å². The molecule has 3 rings (SSSR count). The number of amides is 1. The number of fused-ring (bicyclic) bond motifs is 1. The van der Waals surface area contributed by atoms with Gasteiger partial charge in [0.15, 0.2) is 6.10 Å². The molecule has 1 fully saturated rings. The molecule has 2 heterocycles. The molecule has 1 amide bonds. The van der Waals surface area contributed by atoms with E-state index in [0.29, 0.717) is 19.6 Å². The topological polar surface area (TPSA) is 84.9 Å². The fourth-order valence-corrected chi connectivity index (χ4v) is 3.12. The average Bonchev–Trinajstić information content (AvgIpc) is 2.93. The van der Waals surface area contributed by atoms with E-state index in [0.717, 1.165) is 17.5 Å². The van der Waals surface area contributed by atoms with E-state index in [9.17, 15) is 9.59 Å². The van der Waals surface area contributed by atoms with Crippen molar-refractivity contribution in [2.75, 3.05) is 19.8 Å². The van der Waals surface area contributed by atoms with Gasteiger partial charge in [0, 0.05) is 6.61 Å². The van der Waals surface area contributed by atoms with E-state index in [4.69, 9.17) is 14.6 Å². The predicted molar refractivity (Wildman–Crippen MR) is 77.4 cm³/mol. The second kappa shape index (κ2) is 6.06. The molecule has 2 unspecified atom stereocenters. The highest BCUT2D eigenvalue weighted by Gasteiger charge is 2.41. The molecule has 2 N–H and O–H groups in total. The maximum Gasteiger partial charge on any atom is 0.305 e. The maximum absolute atomic E-state index is 12.6. The van der Waals surface area contributed by atoms with E-state index >= 15 is 0 Å². The molecule has 2 atom stereocenters. The van der Waals surface area contributed by atoms with Crippen LogP contribution >= 0.6 is 0 Å². The first-order chi connectivity index (χ1) is 10.6. The van der Waals surface area contributed by atoms with Crippen LogP contribution in [0.1, 0.15) is 30.1 Å². The maximum atomic E-state index is 12.6. The zero-order valence-corrected chi connectivity index (χ0v) is 12.2. The summed E-state index contributed by atoms with van der Waals surface area (Å²) >= 11 is 0. The summed E-state index contributed by atoms with van der Waals surface area (Å²) < 4.78 is 10.9. The van der Waals surface area contributed by atoms with Crippen LogP contribution in [0.4, 0.5) is 0 Å². The SMILES string of the molecule is O=C(O)CC1(NC(=O)C2OCCc3ccccc32)CCOC1. The Morgan fingerprint density at radius 3 is 2.86 bits per heavy atom. The lowest BCUT2D eigenvalue weighted by molar-refractivity contribution is -0.141. The molecule has 22 heavy (non-hydrogen) atoms. The Bertz CT molecular complexity index is 580. The number of carboxylic acids is 1. The quantitative estimate of drug-likeness (QED) is 0.868. The summed E-state index contributed by atoms with van der Waals surface area (Å²) in [5, 5.41) is 11.9. The predicted octanol–water partition coefficient (Wildman–Crippen LogP) is 1.05. The smallest absolute Gasteiger partial charge is 0.305 e. The number of carbonyl (C=O) groups is 2. The number of rotatable bonds is 4. The first-order valence-electron chi connectivity index (χ1n) is 7.41. The lowest BCUT2D eigenvalue weighted by Crippen LogP contribution is -2.52. The third kappa shape index (κ3) is 2.98. The highest BCUT2D eigenvalue weighted by molar-refractivity contribution is 5.84. The molecule has 118 valence electrons. The van der Waals surface area contributed by atoms with Gasteiger partial charge in [0.25, 0.3) is 5.91 Å². The van der Waals surface area contributed by atoms with Crippen LogP contribution in [0.3, 0.4) is 0 Å². The Morgan fingerprint density at radius 1 is 1.32 bits per heavy atom. The minimum absolute atomic E-state index is 0.146. The molecule has 1 aromatic rings. The van der Waals surface area contributed by atoms with Gasteiger partial charge in [0.2, 0.25) is 0 Å². The lowest BCUT2D eigenvalue weighted by atomic mass is 9.92. The van der Waals surface area contributed by atoms with Crippen molar-refractivity contribution in [3.63, 3.8) is 0 Å². The average molecular weight is 305 g/mol. The van der Waals surface area contributed by atoms with Crippen molar-refractivity contribution in [1.82, 2.24) is 5.32 Å². The molecule has 6 nitrogen and oxygen atoms in total. The van der Waals surface area contributed by atoms with Gasteiger partial charge in [-0.05, 0) is 24.0 Å². The second-order valence-electron chi connectivity index (χ2n) is 5.84. The number of carbonyl (C=O) groups excluding carboxylic acids is 1. The third-order valence-electron chi connectivity index (χ3n) is 4.21. The van der Waals surface area contributed by atoms with Crippen molar-refractivity contribution in [1.29, 1.82) is 0 Å². The molecule has 2 aliphatic rings. The van der Waals surface area contributed by atoms with Gasteiger partial charge < -0.3 is 19.9 Å². The summed E-state index contributed by atoms with van der Waals surface area (Å²) in [5.41, 5.74) is 1.12. The molecule has 0 aliphatic carbocycles. The van der Waals surface area contributed by atoms with Crippen molar-refractivity contribution in [3.8, 4) is 0 Å². The summed E-state index contributed by atoms with van der Waals surface area (Å²) in [6.07, 6.45) is 0.451. The van der Waals surface area contributed by atoms with Gasteiger partial charge in [-0.3, -0.25) is 9.59 Å². The van der Waals surface area contributed by atoms with Crippen molar-refractivity contribution in [2.45, 2.75) is 30.9 Å². The molecule has 1 aromatic carbocycles. The van der Waals surface area contributed by atoms with Crippen LogP contribution in [-0.4, -0.2) is 42.3 Å². The fourth-order valence-electron chi connectivity index (χ4n) is 3.12. The number of ether oxygens (including phenoxy) is 2. The standard InChI is InChI=1S/C16H19NO5/c18-13(19)9-16(6-8-21-10-16)17-15(20)14-12-4-2-1-3-11(12)5-7-22-14/h1-4,14H,5-10H2,(H,17,20)(H,18,19). The highest BCUT2D eigenvalue weighted by Crippen LogP contribution is 2.29. The van der Waals surface area contributed by atoms with Gasteiger partial charge >= 0.3 is 5.97 Å². The molecule has 2 aliphatic heterocycles. The molecule has 0 radical (unpaired) electrons. The Morgan fingerprint density at radius 2 is 2.14 bits per heavy atom. The van der Waals surface area contributed by atoms with E-state index in [1.807, 2.05) is 24.3 Å². The van der Waals surface area contributed by atoms with Crippen molar-refractivity contribution < 1.29 is 24.2 Å². The molecular formula is C16H19NO5. The van der Waals surface area contributed by atoms with Gasteiger partial charge in [-0.2, -0.15) is 0 Å². The summed E-state index contributed by atoms with van der Waals surface area (Å²) in [6, 6.07) is 7.69. The Balaban J connectivity index is 1.78. The Hall–Kier alpha value is -1.92. The third-order valence-corrected chi connectivity index (χ3v) is 4.21. The summed E-state index contributed by atoms with van der Waals surface area (Å²) in [6.45, 7) is 1.16. The number of hydrogen-bond donors (Lipinski definition) is 2. The van der Waals surface area contributed by atoms with E-state index in [-0.39, 0.29) is 18.9 Å². The van der Waals surface area contributed by atoms with Crippen molar-refractivity contribution >= 4 is 11.9 Å². The summed E-state index contributed by atoms with van der Waals surface area (Å²) in [5.74, 6) is -1.24. The largest absolute Gasteiger partial charge is 0.481 e. The van der Waals surface area contributed by atoms with E-state index in [1.54, 1.807) is 0 Å². The molecular weight excluding hydrogens is 286 g/mol. The highest BCUT2D eigenvalue weighted by atomic mass is 16.5. The molecule has 1 saturated heterocycles. The van der Waals surface area contributed by atoms with Crippen LogP contribution in [-0.2, 0) is 25.5 Å². The number of carboxylic acid groups (broad SMARTS) is 1. The fraction of sp³-hybridized carbons (Fsp3) is 0.500. The second-order valence-corrected chi connectivity index (χ2v) is 5.84. The molecule has 0 bridgehead atoms. The van der Waals surface area contributed by atoms with Gasteiger partial charge in [-0.15, -0.1) is 0 Å². The zero-order valence-electron chi connectivity index (χ0n) is 12.2. The van der Waals surface area contributed by atoms with Gasteiger partial charge in [-0.1, -0.05) is 24.3 Å². The minimum atomic E-state index is -0.948. The number of benzene rings is 1. The number of nitrogens with one attached hydrogen (secondary N) is 1. The minimum Gasteiger partial charge on any atom is -0.481 e. The Labute approximate surface area is 128 Å². The monoisotopic (exact) mass is 305 g/mol. The van der Waals surface area contributed by atoms with Crippen LogP contribution in [0, 0.1) is 0 Å². The van der Waals surface area contributed by atoms with Gasteiger partial charge in [0.1, 0.15) is 0 Å². The van der Waals surface area contributed by atoms with E-state index < -0.39 is 17.6 Å². The van der Waals surface area contributed by atoms with E-state index in [1.165, 1.54) is 0 Å². The van der Waals surface area contributed by atoms with Crippen LogP contribution in [0.2, 0.25) is 0 Å². The Kier molecular flexibility index (Phi) is 4.13. The number of hydrogen-bond acceptors (Lipinski definition) is 4. The van der Waals surface area contributed by atoms with Gasteiger partial charge in [-0.25, -0.2) is 0 Å². The van der Waals surface area contributed by atoms with Crippen molar-refractivity contribution in [3.05, 3.63) is 35.4 Å². The van der Waals surface area contributed by atoms with Crippen molar-refractivity contribution in [2.24, 2.45) is 0 Å². The summed E-state index contributed by atoms with van der Waals surface area (Å²) in [4.78, 5) is 23.7. The van der Waals surface area contributed by atoms with E-state index in [2.05, 4.69) is 5.32 Å². The van der Waals surface area contributed by atoms with Crippen LogP contribution in [0.15, 0.2) is 24.3 Å². The van der Waals surface area contributed by atoms with Gasteiger partial charge in [0.05, 0.1) is 25.2 Å². The molecule has 0 spiro atoms. The lowest BCUT2D eigenvalue weighted by Gasteiger charge is -2.31. The molecule has 0 saturated carbocycles. The summed E-state index contributed by atoms with van der Waals surface area (Å²) in [7, 11) is 0. The first kappa shape index (κ1) is 15.0. The first-order valence-corrected chi connectivity index (χ1v) is 7.41. The van der Waals surface area contributed by atoms with Crippen LogP contribution in [0.25, 0.3) is 0 Å². The molecule has 0 aromatic heterocycles. The van der Waals surface area contributed by atoms with Crippen LogP contribution in [0.5, 0.6) is 0 Å².